The van der Waals surface area contributed by atoms with Crippen molar-refractivity contribution in [3.8, 4) is 5.75 Å². The Balaban J connectivity index is 2.61. The predicted octanol–water partition coefficient (Wildman–Crippen LogP) is 1.25. The summed E-state index contributed by atoms with van der Waals surface area (Å²) in [6, 6.07) is 5.54. The summed E-state index contributed by atoms with van der Waals surface area (Å²) in [5.41, 5.74) is 7.45. The molecule has 0 unspecified atom stereocenters. The number of nitrogens with two attached hydrogens (primary N) is 1. The van der Waals surface area contributed by atoms with Crippen LogP contribution >= 0.6 is 0 Å². The fourth-order valence-corrected chi connectivity index (χ4v) is 1.64. The lowest BCUT2D eigenvalue weighted by atomic mass is 10.1. The van der Waals surface area contributed by atoms with E-state index in [0.29, 0.717) is 11.4 Å². The Bertz CT molecular complexity index is 454. The summed E-state index contributed by atoms with van der Waals surface area (Å²) < 4.78 is 27.1. The van der Waals surface area contributed by atoms with E-state index in [9.17, 15) is 8.42 Å². The molecule has 4 nitrogen and oxygen atoms in total. The second-order valence-corrected chi connectivity index (χ2v) is 5.96. The van der Waals surface area contributed by atoms with E-state index in [2.05, 4.69) is 0 Å². The van der Waals surface area contributed by atoms with Crippen molar-refractivity contribution in [2.24, 2.45) is 0 Å². The summed E-state index contributed by atoms with van der Waals surface area (Å²) in [7, 11) is -2.99. The molecule has 16 heavy (non-hydrogen) atoms. The van der Waals surface area contributed by atoms with Crippen LogP contribution in [0.4, 0.5) is 5.69 Å². The first kappa shape index (κ1) is 12.8. The zero-order valence-electron chi connectivity index (χ0n) is 9.56. The van der Waals surface area contributed by atoms with Crippen LogP contribution in [0.25, 0.3) is 0 Å². The van der Waals surface area contributed by atoms with Crippen molar-refractivity contribution in [1.29, 1.82) is 0 Å². The molecule has 2 N–H and O–H groups in total. The summed E-state index contributed by atoms with van der Waals surface area (Å²) in [5.74, 6) is 0.544. The zero-order chi connectivity index (χ0) is 12.2. The minimum atomic E-state index is -2.99. The first-order valence-electron chi connectivity index (χ1n) is 5.11. The van der Waals surface area contributed by atoms with Crippen LogP contribution in [0.15, 0.2) is 18.2 Å². The van der Waals surface area contributed by atoms with E-state index in [1.165, 1.54) is 6.26 Å². The number of benzene rings is 1. The Labute approximate surface area is 96.3 Å². The van der Waals surface area contributed by atoms with Crippen LogP contribution in [0.2, 0.25) is 0 Å². The SMILES string of the molecule is CCc1ccc(OCCS(C)(=O)=O)c(N)c1. The molecule has 0 heterocycles. The van der Waals surface area contributed by atoms with E-state index in [1.807, 2.05) is 19.1 Å². The number of hydrogen-bond donors (Lipinski definition) is 1. The van der Waals surface area contributed by atoms with Crippen molar-refractivity contribution < 1.29 is 13.2 Å². The Morgan fingerprint density at radius 1 is 1.38 bits per heavy atom. The summed E-state index contributed by atoms with van der Waals surface area (Å²) >= 11 is 0. The molecular weight excluding hydrogens is 226 g/mol. The van der Waals surface area contributed by atoms with Gasteiger partial charge in [-0.15, -0.1) is 0 Å². The lowest BCUT2D eigenvalue weighted by Crippen LogP contribution is -2.12. The van der Waals surface area contributed by atoms with E-state index >= 15 is 0 Å². The van der Waals surface area contributed by atoms with Gasteiger partial charge in [0.05, 0.1) is 11.4 Å². The first-order chi connectivity index (χ1) is 7.42. The highest BCUT2D eigenvalue weighted by Gasteiger charge is 2.05. The van der Waals surface area contributed by atoms with Crippen molar-refractivity contribution in [3.63, 3.8) is 0 Å². The van der Waals surface area contributed by atoms with E-state index in [-0.39, 0.29) is 12.4 Å². The molecule has 1 aromatic carbocycles. The number of rotatable bonds is 5. The van der Waals surface area contributed by atoms with Gasteiger partial charge in [-0.2, -0.15) is 0 Å². The highest BCUT2D eigenvalue weighted by molar-refractivity contribution is 7.90. The van der Waals surface area contributed by atoms with Crippen LogP contribution in [-0.4, -0.2) is 27.0 Å². The molecule has 0 atom stereocenters. The third kappa shape index (κ3) is 4.10. The number of nitrogen functional groups attached to an aromatic ring is 1. The van der Waals surface area contributed by atoms with E-state index in [4.69, 9.17) is 10.5 Å². The van der Waals surface area contributed by atoms with Gasteiger partial charge in [0.1, 0.15) is 12.4 Å². The van der Waals surface area contributed by atoms with Crippen LogP contribution < -0.4 is 10.5 Å². The van der Waals surface area contributed by atoms with Crippen molar-refractivity contribution in [2.75, 3.05) is 24.3 Å². The highest BCUT2D eigenvalue weighted by Crippen LogP contribution is 2.22. The second-order valence-electron chi connectivity index (χ2n) is 3.70. The van der Waals surface area contributed by atoms with E-state index < -0.39 is 9.84 Å². The molecule has 90 valence electrons. The summed E-state index contributed by atoms with van der Waals surface area (Å²) in [5, 5.41) is 0. The van der Waals surface area contributed by atoms with Gasteiger partial charge >= 0.3 is 0 Å². The quantitative estimate of drug-likeness (QED) is 0.790. The van der Waals surface area contributed by atoms with Crippen molar-refractivity contribution in [2.45, 2.75) is 13.3 Å². The number of aryl methyl sites for hydroxylation is 1. The lowest BCUT2D eigenvalue weighted by molar-refractivity contribution is 0.343. The molecule has 0 saturated heterocycles. The Hall–Kier alpha value is -1.23. The summed E-state index contributed by atoms with van der Waals surface area (Å²) in [6.07, 6.45) is 2.09. The third-order valence-corrected chi connectivity index (χ3v) is 3.10. The average molecular weight is 243 g/mol. The van der Waals surface area contributed by atoms with Gasteiger partial charge in [-0.25, -0.2) is 8.42 Å². The molecule has 0 aliphatic heterocycles. The van der Waals surface area contributed by atoms with Crippen LogP contribution in [0.1, 0.15) is 12.5 Å². The number of hydrogen-bond acceptors (Lipinski definition) is 4. The molecule has 1 rings (SSSR count). The maximum absolute atomic E-state index is 10.9. The molecule has 0 radical (unpaired) electrons. The monoisotopic (exact) mass is 243 g/mol. The van der Waals surface area contributed by atoms with Crippen molar-refractivity contribution >= 4 is 15.5 Å². The Morgan fingerprint density at radius 2 is 2.06 bits per heavy atom. The van der Waals surface area contributed by atoms with Crippen LogP contribution in [0.5, 0.6) is 5.75 Å². The molecule has 0 bridgehead atoms. The maximum Gasteiger partial charge on any atom is 0.150 e. The van der Waals surface area contributed by atoms with Gasteiger partial charge in [-0.05, 0) is 24.1 Å². The molecule has 0 aromatic heterocycles. The zero-order valence-corrected chi connectivity index (χ0v) is 10.4. The van der Waals surface area contributed by atoms with E-state index in [0.717, 1.165) is 12.0 Å². The van der Waals surface area contributed by atoms with Crippen molar-refractivity contribution in [3.05, 3.63) is 23.8 Å². The van der Waals surface area contributed by atoms with E-state index in [1.54, 1.807) is 6.07 Å². The first-order valence-corrected chi connectivity index (χ1v) is 7.17. The fourth-order valence-electron chi connectivity index (χ4n) is 1.25. The minimum absolute atomic E-state index is 0.00195. The van der Waals surface area contributed by atoms with Gasteiger partial charge in [0, 0.05) is 6.26 Å². The molecule has 5 heteroatoms. The maximum atomic E-state index is 10.9. The largest absolute Gasteiger partial charge is 0.490 e. The van der Waals surface area contributed by atoms with Gasteiger partial charge in [-0.3, -0.25) is 0 Å². The molecule has 0 fully saturated rings. The minimum Gasteiger partial charge on any atom is -0.490 e. The Morgan fingerprint density at radius 3 is 2.56 bits per heavy atom. The second kappa shape index (κ2) is 5.21. The topological polar surface area (TPSA) is 69.4 Å². The Kier molecular flexibility index (Phi) is 4.18. The van der Waals surface area contributed by atoms with Gasteiger partial charge in [0.2, 0.25) is 0 Å². The molecule has 0 saturated carbocycles. The van der Waals surface area contributed by atoms with Gasteiger partial charge in [0.25, 0.3) is 0 Å². The van der Waals surface area contributed by atoms with Crippen LogP contribution in [0.3, 0.4) is 0 Å². The molecule has 0 aliphatic carbocycles. The van der Waals surface area contributed by atoms with Crippen molar-refractivity contribution in [1.82, 2.24) is 0 Å². The van der Waals surface area contributed by atoms with Crippen LogP contribution in [-0.2, 0) is 16.3 Å². The fraction of sp³-hybridized carbons (Fsp3) is 0.455. The third-order valence-electron chi connectivity index (χ3n) is 2.19. The lowest BCUT2D eigenvalue weighted by Gasteiger charge is -2.09. The molecule has 1 aromatic rings. The average Bonchev–Trinajstić information content (AvgIpc) is 2.18. The number of sulfone groups is 1. The van der Waals surface area contributed by atoms with Gasteiger partial charge in [0.15, 0.2) is 9.84 Å². The summed E-state index contributed by atoms with van der Waals surface area (Å²) in [6.45, 7) is 2.17. The highest BCUT2D eigenvalue weighted by atomic mass is 32.2. The molecule has 0 spiro atoms. The molecular formula is C11H17NO3S. The van der Waals surface area contributed by atoms with Gasteiger partial charge in [-0.1, -0.05) is 13.0 Å². The van der Waals surface area contributed by atoms with Crippen LogP contribution in [0, 0.1) is 0 Å². The summed E-state index contributed by atoms with van der Waals surface area (Å²) in [4.78, 5) is 0. The molecule has 0 aliphatic rings. The molecule has 0 amide bonds. The smallest absolute Gasteiger partial charge is 0.150 e. The van der Waals surface area contributed by atoms with Gasteiger partial charge < -0.3 is 10.5 Å². The predicted molar refractivity (Wildman–Crippen MR) is 65.4 cm³/mol. The number of ether oxygens (including phenoxy) is 1. The standard InChI is InChI=1S/C11H17NO3S/c1-3-9-4-5-11(10(12)8-9)15-6-7-16(2,13)14/h4-5,8H,3,6-7,12H2,1-2H3. The normalized spacial score (nSPS) is 11.4. The number of anilines is 1.